The number of amides is 2. The molecule has 1 aliphatic rings. The maximum atomic E-state index is 13.9. The van der Waals surface area contributed by atoms with Crippen LogP contribution in [0.3, 0.4) is 0 Å². The Balaban J connectivity index is 1.40. The number of carbonyl (C=O) groups is 2. The molecule has 1 N–H and O–H groups in total. The standard InChI is InChI=1S/C33H33N3O5S/c1-24-12-16-27(17-13-24)21-35(42(39,40)28-18-14-25(2)15-19-28)23-32(37)36-22-31(41-30-11-7-6-10-29(30)36)33(38)34-20-26-8-4-3-5-9-26/h3-19,31H,20-23H2,1-2H3,(H,34,38). The molecule has 42 heavy (non-hydrogen) atoms. The predicted octanol–water partition coefficient (Wildman–Crippen LogP) is 4.60. The molecule has 2 amide bonds. The number of benzene rings is 4. The Morgan fingerprint density at radius 3 is 2.14 bits per heavy atom. The molecule has 0 radical (unpaired) electrons. The molecule has 4 aromatic rings. The first-order chi connectivity index (χ1) is 20.2. The Morgan fingerprint density at radius 2 is 1.45 bits per heavy atom. The first kappa shape index (κ1) is 29.0. The van der Waals surface area contributed by atoms with Crippen molar-refractivity contribution in [1.82, 2.24) is 9.62 Å². The number of nitrogens with zero attached hydrogens (tertiary/aromatic N) is 2. The Labute approximate surface area is 246 Å². The van der Waals surface area contributed by atoms with E-state index in [0.29, 0.717) is 18.0 Å². The lowest BCUT2D eigenvalue weighted by Crippen LogP contribution is -2.52. The van der Waals surface area contributed by atoms with Gasteiger partial charge in [-0.05, 0) is 49.2 Å². The lowest BCUT2D eigenvalue weighted by molar-refractivity contribution is -0.128. The zero-order valence-corrected chi connectivity index (χ0v) is 24.4. The topological polar surface area (TPSA) is 96.0 Å². The largest absolute Gasteiger partial charge is 0.477 e. The molecule has 5 rings (SSSR count). The van der Waals surface area contributed by atoms with Crippen LogP contribution < -0.4 is 15.0 Å². The van der Waals surface area contributed by atoms with Crippen molar-refractivity contribution in [1.29, 1.82) is 0 Å². The number of ether oxygens (including phenoxy) is 1. The van der Waals surface area contributed by atoms with Crippen molar-refractivity contribution in [2.45, 2.75) is 37.9 Å². The number of anilines is 1. The molecule has 8 nitrogen and oxygen atoms in total. The highest BCUT2D eigenvalue weighted by Gasteiger charge is 2.36. The molecule has 0 spiro atoms. The molecule has 1 heterocycles. The van der Waals surface area contributed by atoms with Gasteiger partial charge >= 0.3 is 0 Å². The van der Waals surface area contributed by atoms with Gasteiger partial charge in [0.05, 0.1) is 23.7 Å². The van der Waals surface area contributed by atoms with E-state index in [1.807, 2.05) is 68.4 Å². The minimum absolute atomic E-state index is 0.00913. The molecule has 0 aliphatic carbocycles. The maximum Gasteiger partial charge on any atom is 0.263 e. The fourth-order valence-electron chi connectivity index (χ4n) is 4.72. The van der Waals surface area contributed by atoms with Crippen LogP contribution >= 0.6 is 0 Å². The van der Waals surface area contributed by atoms with Crippen LogP contribution in [0.4, 0.5) is 5.69 Å². The maximum absolute atomic E-state index is 13.9. The number of aryl methyl sites for hydroxylation is 2. The van der Waals surface area contributed by atoms with Gasteiger partial charge in [0.15, 0.2) is 6.10 Å². The first-order valence-electron chi connectivity index (χ1n) is 13.7. The summed E-state index contributed by atoms with van der Waals surface area (Å²) in [6.45, 7) is 3.68. The Morgan fingerprint density at radius 1 is 0.833 bits per heavy atom. The quantitative estimate of drug-likeness (QED) is 0.311. The molecule has 1 unspecified atom stereocenters. The number of rotatable bonds is 9. The summed E-state index contributed by atoms with van der Waals surface area (Å²) in [5, 5.41) is 2.88. The smallest absolute Gasteiger partial charge is 0.263 e. The molecular weight excluding hydrogens is 550 g/mol. The van der Waals surface area contributed by atoms with Gasteiger partial charge in [-0.1, -0.05) is 90.0 Å². The summed E-state index contributed by atoms with van der Waals surface area (Å²) in [6.07, 6.45) is -0.966. The molecular formula is C33H33N3O5S. The number of fused-ring (bicyclic) bond motifs is 1. The summed E-state index contributed by atoms with van der Waals surface area (Å²) in [4.78, 5) is 28.6. The zero-order chi connectivity index (χ0) is 29.7. The highest BCUT2D eigenvalue weighted by molar-refractivity contribution is 7.89. The molecule has 0 saturated carbocycles. The Bertz CT molecular complexity index is 1660. The summed E-state index contributed by atoms with van der Waals surface area (Å²) >= 11 is 0. The molecule has 1 aliphatic heterocycles. The fraction of sp³-hybridized carbons (Fsp3) is 0.212. The molecule has 1 atom stereocenters. The van der Waals surface area contributed by atoms with E-state index in [1.54, 1.807) is 48.5 Å². The Kier molecular flexibility index (Phi) is 8.70. The van der Waals surface area contributed by atoms with Crippen molar-refractivity contribution in [3.05, 3.63) is 125 Å². The number of para-hydroxylation sites is 2. The van der Waals surface area contributed by atoms with E-state index in [0.717, 1.165) is 22.3 Å². The molecule has 9 heteroatoms. The fourth-order valence-corrected chi connectivity index (χ4v) is 6.10. The van der Waals surface area contributed by atoms with Crippen LogP contribution in [0, 0.1) is 13.8 Å². The zero-order valence-electron chi connectivity index (χ0n) is 23.6. The van der Waals surface area contributed by atoms with Crippen LogP contribution in [-0.2, 0) is 32.7 Å². The van der Waals surface area contributed by atoms with E-state index < -0.39 is 28.6 Å². The number of hydrogen-bond donors (Lipinski definition) is 1. The van der Waals surface area contributed by atoms with Crippen molar-refractivity contribution in [2.24, 2.45) is 0 Å². The average molecular weight is 584 g/mol. The third-order valence-corrected chi connectivity index (χ3v) is 8.93. The molecule has 0 aromatic heterocycles. The van der Waals surface area contributed by atoms with Crippen molar-refractivity contribution < 1.29 is 22.7 Å². The van der Waals surface area contributed by atoms with Gasteiger partial charge in [0.1, 0.15) is 5.75 Å². The van der Waals surface area contributed by atoms with Gasteiger partial charge < -0.3 is 15.0 Å². The van der Waals surface area contributed by atoms with E-state index in [2.05, 4.69) is 5.32 Å². The number of hydrogen-bond acceptors (Lipinski definition) is 5. The lowest BCUT2D eigenvalue weighted by Gasteiger charge is -2.35. The molecule has 0 fully saturated rings. The van der Waals surface area contributed by atoms with Gasteiger partial charge in [0, 0.05) is 13.1 Å². The van der Waals surface area contributed by atoms with Gasteiger partial charge in [-0.2, -0.15) is 4.31 Å². The van der Waals surface area contributed by atoms with Gasteiger partial charge in [-0.25, -0.2) is 8.42 Å². The highest BCUT2D eigenvalue weighted by Crippen LogP contribution is 2.33. The second-order valence-corrected chi connectivity index (χ2v) is 12.3. The normalized spacial score (nSPS) is 14.6. The number of sulfonamides is 1. The van der Waals surface area contributed by atoms with Crippen LogP contribution in [0.25, 0.3) is 0 Å². The second kappa shape index (κ2) is 12.6. The van der Waals surface area contributed by atoms with Crippen molar-refractivity contribution in [3.8, 4) is 5.75 Å². The predicted molar refractivity (Wildman–Crippen MR) is 161 cm³/mol. The van der Waals surface area contributed by atoms with Crippen molar-refractivity contribution in [2.75, 3.05) is 18.0 Å². The van der Waals surface area contributed by atoms with Gasteiger partial charge in [-0.3, -0.25) is 9.59 Å². The van der Waals surface area contributed by atoms with E-state index in [9.17, 15) is 18.0 Å². The van der Waals surface area contributed by atoms with Crippen molar-refractivity contribution in [3.63, 3.8) is 0 Å². The summed E-state index contributed by atoms with van der Waals surface area (Å²) < 4.78 is 34.8. The third-order valence-electron chi connectivity index (χ3n) is 7.13. The van der Waals surface area contributed by atoms with E-state index in [-0.39, 0.29) is 23.9 Å². The summed E-state index contributed by atoms with van der Waals surface area (Å²) in [5.74, 6) is -0.451. The third kappa shape index (κ3) is 6.70. The van der Waals surface area contributed by atoms with Crippen LogP contribution in [0.2, 0.25) is 0 Å². The number of carbonyl (C=O) groups excluding carboxylic acids is 2. The highest BCUT2D eigenvalue weighted by atomic mass is 32.2. The summed E-state index contributed by atoms with van der Waals surface area (Å²) in [6, 6.07) is 30.5. The minimum Gasteiger partial charge on any atom is -0.477 e. The lowest BCUT2D eigenvalue weighted by atomic mass is 10.1. The SMILES string of the molecule is Cc1ccc(CN(CC(=O)N2CC(C(=O)NCc3ccccc3)Oc3ccccc32)S(=O)(=O)c2ccc(C)cc2)cc1. The van der Waals surface area contributed by atoms with Crippen LogP contribution in [0.5, 0.6) is 5.75 Å². The molecule has 4 aromatic carbocycles. The summed E-state index contributed by atoms with van der Waals surface area (Å²) in [5.41, 5.74) is 4.14. The molecule has 0 bridgehead atoms. The monoisotopic (exact) mass is 583 g/mol. The van der Waals surface area contributed by atoms with Gasteiger partial charge in [0.25, 0.3) is 5.91 Å². The Hall–Kier alpha value is -4.47. The average Bonchev–Trinajstić information content (AvgIpc) is 3.00. The summed E-state index contributed by atoms with van der Waals surface area (Å²) in [7, 11) is -4.03. The molecule has 0 saturated heterocycles. The van der Waals surface area contributed by atoms with Gasteiger partial charge in [-0.15, -0.1) is 0 Å². The first-order valence-corrected chi connectivity index (χ1v) is 15.1. The van der Waals surface area contributed by atoms with Crippen LogP contribution in [0.1, 0.15) is 22.3 Å². The number of nitrogens with one attached hydrogen (secondary N) is 1. The van der Waals surface area contributed by atoms with Gasteiger partial charge in [0.2, 0.25) is 15.9 Å². The van der Waals surface area contributed by atoms with Crippen molar-refractivity contribution >= 4 is 27.5 Å². The van der Waals surface area contributed by atoms with E-state index in [4.69, 9.17) is 4.74 Å². The minimum atomic E-state index is -4.03. The second-order valence-electron chi connectivity index (χ2n) is 10.4. The van der Waals surface area contributed by atoms with E-state index in [1.165, 1.54) is 9.21 Å². The van der Waals surface area contributed by atoms with Crippen LogP contribution in [0.15, 0.2) is 108 Å². The van der Waals surface area contributed by atoms with Crippen LogP contribution in [-0.4, -0.2) is 43.7 Å². The molecule has 216 valence electrons. The van der Waals surface area contributed by atoms with E-state index >= 15 is 0 Å².